The molecule has 1 fully saturated rings. The Morgan fingerprint density at radius 3 is 2.55 bits per heavy atom. The van der Waals surface area contributed by atoms with E-state index in [0.29, 0.717) is 23.0 Å². The second kappa shape index (κ2) is 11.8. The van der Waals surface area contributed by atoms with E-state index < -0.39 is 6.43 Å². The van der Waals surface area contributed by atoms with Gasteiger partial charge in [0.05, 0.1) is 5.70 Å². The fourth-order valence-electron chi connectivity index (χ4n) is 3.80. The van der Waals surface area contributed by atoms with E-state index in [1.54, 1.807) is 16.7 Å². The number of piperidine rings is 1. The van der Waals surface area contributed by atoms with Gasteiger partial charge in [-0.25, -0.2) is 13.8 Å². The van der Waals surface area contributed by atoms with Gasteiger partial charge in [-0.3, -0.25) is 4.90 Å². The maximum Gasteiger partial charge on any atom is 0.265 e. The summed E-state index contributed by atoms with van der Waals surface area (Å²) in [7, 11) is 0. The highest BCUT2D eigenvalue weighted by atomic mass is 19.3. The van der Waals surface area contributed by atoms with Gasteiger partial charge in [-0.15, -0.1) is 0 Å². The number of nitrogens with one attached hydrogen (secondary N) is 1. The minimum atomic E-state index is -2.49. The summed E-state index contributed by atoms with van der Waals surface area (Å²) in [6.07, 6.45) is 6.21. The molecule has 6 heteroatoms. The molecule has 2 aromatic heterocycles. The standard InChI is InChI=1S/C23H30F2N4.C2H6/c1-5-18-9-10-28(13-19(18)6-2)12-16(3)11-26-17(4)21-15-29-14-20(23(24)25)7-8-22(29)27-21;1-2/h5-8,14-16,23,26H,4,9-13H2,1-3H3;1-2H3/b18-5-,19-6-;. The summed E-state index contributed by atoms with van der Waals surface area (Å²) in [6, 6.07) is 3.01. The number of rotatable bonds is 7. The van der Waals surface area contributed by atoms with E-state index >= 15 is 0 Å². The quantitative estimate of drug-likeness (QED) is 0.577. The SMILES string of the molecule is C=C(NCC(C)CN1CCC(=C/C)/C(=C\C)C1)c1cn2cc(C(F)F)ccc2n1.CC. The number of likely N-dealkylation sites (tertiary alicyclic amines) is 1. The van der Waals surface area contributed by atoms with E-state index in [0.717, 1.165) is 32.6 Å². The van der Waals surface area contributed by atoms with Crippen molar-refractivity contribution in [1.82, 2.24) is 19.6 Å². The van der Waals surface area contributed by atoms with Crippen LogP contribution in [-0.4, -0.2) is 40.5 Å². The molecule has 2 aromatic rings. The van der Waals surface area contributed by atoms with E-state index in [4.69, 9.17) is 0 Å². The van der Waals surface area contributed by atoms with Crippen LogP contribution in [0.4, 0.5) is 8.78 Å². The Morgan fingerprint density at radius 2 is 1.90 bits per heavy atom. The number of hydrogen-bond acceptors (Lipinski definition) is 3. The van der Waals surface area contributed by atoms with E-state index in [2.05, 4.69) is 54.7 Å². The first-order valence-electron chi connectivity index (χ1n) is 11.1. The molecule has 0 aliphatic carbocycles. The van der Waals surface area contributed by atoms with E-state index in [-0.39, 0.29) is 5.56 Å². The van der Waals surface area contributed by atoms with Crippen molar-refractivity contribution in [3.8, 4) is 0 Å². The van der Waals surface area contributed by atoms with Gasteiger partial charge in [0.2, 0.25) is 0 Å². The first kappa shape index (κ1) is 24.8. The lowest BCUT2D eigenvalue weighted by Crippen LogP contribution is -2.38. The molecule has 0 spiro atoms. The molecule has 3 rings (SSSR count). The lowest BCUT2D eigenvalue weighted by molar-refractivity contribution is 0.151. The van der Waals surface area contributed by atoms with Crippen molar-refractivity contribution < 1.29 is 8.78 Å². The van der Waals surface area contributed by atoms with Gasteiger partial charge in [-0.05, 0) is 49.5 Å². The van der Waals surface area contributed by atoms with Crippen LogP contribution in [-0.2, 0) is 0 Å². The van der Waals surface area contributed by atoms with Crippen LogP contribution >= 0.6 is 0 Å². The number of imidazole rings is 1. The Morgan fingerprint density at radius 1 is 1.19 bits per heavy atom. The van der Waals surface area contributed by atoms with Crippen LogP contribution in [0.2, 0.25) is 0 Å². The highest BCUT2D eigenvalue weighted by Gasteiger charge is 2.19. The molecule has 0 aromatic carbocycles. The topological polar surface area (TPSA) is 32.6 Å². The molecule has 0 bridgehead atoms. The number of aromatic nitrogens is 2. The lowest BCUT2D eigenvalue weighted by atomic mass is 9.96. The molecule has 1 atom stereocenters. The lowest BCUT2D eigenvalue weighted by Gasteiger charge is -2.32. The maximum absolute atomic E-state index is 12.9. The van der Waals surface area contributed by atoms with Crippen molar-refractivity contribution in [1.29, 1.82) is 0 Å². The van der Waals surface area contributed by atoms with Gasteiger partial charge < -0.3 is 9.72 Å². The number of fused-ring (bicyclic) bond motifs is 1. The summed E-state index contributed by atoms with van der Waals surface area (Å²) in [6.45, 7) is 18.4. The third kappa shape index (κ3) is 6.50. The number of nitrogens with zero attached hydrogens (tertiary/aromatic N) is 3. The summed E-state index contributed by atoms with van der Waals surface area (Å²) < 4.78 is 27.4. The zero-order chi connectivity index (χ0) is 23.0. The van der Waals surface area contributed by atoms with E-state index in [9.17, 15) is 8.78 Å². The zero-order valence-electron chi connectivity index (χ0n) is 19.5. The zero-order valence-corrected chi connectivity index (χ0v) is 19.5. The molecule has 1 saturated heterocycles. The average molecular weight is 431 g/mol. The van der Waals surface area contributed by atoms with Crippen molar-refractivity contribution in [2.45, 2.75) is 47.5 Å². The van der Waals surface area contributed by atoms with Crippen LogP contribution in [0, 0.1) is 5.92 Å². The molecule has 0 saturated carbocycles. The van der Waals surface area contributed by atoms with Crippen LogP contribution in [0.15, 0.2) is 54.4 Å². The van der Waals surface area contributed by atoms with Crippen molar-refractivity contribution in [2.75, 3.05) is 26.2 Å². The summed E-state index contributed by atoms with van der Waals surface area (Å²) in [5.41, 5.74) is 4.89. The molecule has 0 amide bonds. The predicted octanol–water partition coefficient (Wildman–Crippen LogP) is 6.09. The van der Waals surface area contributed by atoms with Crippen LogP contribution < -0.4 is 5.32 Å². The number of halogens is 2. The first-order valence-corrected chi connectivity index (χ1v) is 11.1. The van der Waals surface area contributed by atoms with E-state index in [1.807, 2.05) is 13.8 Å². The predicted molar refractivity (Wildman–Crippen MR) is 126 cm³/mol. The minimum absolute atomic E-state index is 0.0169. The second-order valence-electron chi connectivity index (χ2n) is 7.73. The molecule has 1 aliphatic heterocycles. The highest BCUT2D eigenvalue weighted by molar-refractivity contribution is 5.61. The molecule has 0 radical (unpaired) electrons. The van der Waals surface area contributed by atoms with Gasteiger partial charge in [0.25, 0.3) is 6.43 Å². The molecule has 31 heavy (non-hydrogen) atoms. The Labute approximate surface area is 185 Å². The Bertz CT molecular complexity index is 927. The van der Waals surface area contributed by atoms with Gasteiger partial charge in [0, 0.05) is 44.1 Å². The van der Waals surface area contributed by atoms with Crippen molar-refractivity contribution in [3.05, 3.63) is 65.7 Å². The smallest absolute Gasteiger partial charge is 0.265 e. The molecular weight excluding hydrogens is 394 g/mol. The monoisotopic (exact) mass is 430 g/mol. The molecule has 3 heterocycles. The van der Waals surface area contributed by atoms with Gasteiger partial charge in [-0.2, -0.15) is 0 Å². The Kier molecular flexibility index (Phi) is 9.44. The first-order chi connectivity index (χ1) is 14.9. The van der Waals surface area contributed by atoms with Crippen LogP contribution in [0.3, 0.4) is 0 Å². The fraction of sp³-hybridized carbons (Fsp3) is 0.480. The minimum Gasteiger partial charge on any atom is -0.383 e. The molecule has 1 unspecified atom stereocenters. The Hall–Kier alpha value is -2.47. The summed E-state index contributed by atoms with van der Waals surface area (Å²) in [5.74, 6) is 0.444. The van der Waals surface area contributed by atoms with Gasteiger partial charge >= 0.3 is 0 Å². The molecular formula is C25H36F2N4. The van der Waals surface area contributed by atoms with E-state index in [1.165, 1.54) is 23.4 Å². The fourth-order valence-corrected chi connectivity index (χ4v) is 3.80. The third-order valence-corrected chi connectivity index (χ3v) is 5.47. The summed E-state index contributed by atoms with van der Waals surface area (Å²) in [4.78, 5) is 6.97. The molecule has 170 valence electrons. The summed E-state index contributed by atoms with van der Waals surface area (Å²) in [5, 5.41) is 3.36. The van der Waals surface area contributed by atoms with Crippen LogP contribution in [0.25, 0.3) is 11.3 Å². The van der Waals surface area contributed by atoms with Gasteiger partial charge in [-0.1, -0.05) is 39.5 Å². The van der Waals surface area contributed by atoms with Crippen molar-refractivity contribution >= 4 is 11.3 Å². The van der Waals surface area contributed by atoms with Gasteiger partial charge in [0.15, 0.2) is 0 Å². The van der Waals surface area contributed by atoms with Gasteiger partial charge in [0.1, 0.15) is 11.3 Å². The van der Waals surface area contributed by atoms with Crippen molar-refractivity contribution in [2.24, 2.45) is 5.92 Å². The van der Waals surface area contributed by atoms with Crippen molar-refractivity contribution in [3.63, 3.8) is 0 Å². The molecule has 1 aliphatic rings. The molecule has 1 N–H and O–H groups in total. The van der Waals surface area contributed by atoms with Crippen LogP contribution in [0.5, 0.6) is 0 Å². The number of allylic oxidation sites excluding steroid dienone is 2. The number of alkyl halides is 2. The third-order valence-electron chi connectivity index (χ3n) is 5.47. The molecule has 4 nitrogen and oxygen atoms in total. The van der Waals surface area contributed by atoms with Crippen LogP contribution in [0.1, 0.15) is 58.7 Å². The number of hydrogen-bond donors (Lipinski definition) is 1. The number of pyridine rings is 1. The normalized spacial score (nSPS) is 18.3. The Balaban J connectivity index is 0.00000166. The maximum atomic E-state index is 12.9. The highest BCUT2D eigenvalue weighted by Crippen LogP contribution is 2.23. The average Bonchev–Trinajstić information content (AvgIpc) is 3.22. The largest absolute Gasteiger partial charge is 0.383 e. The summed E-state index contributed by atoms with van der Waals surface area (Å²) >= 11 is 0. The second-order valence-corrected chi connectivity index (χ2v) is 7.73.